The van der Waals surface area contributed by atoms with Crippen LogP contribution in [0.25, 0.3) is 0 Å². The summed E-state index contributed by atoms with van der Waals surface area (Å²) in [5.41, 5.74) is 9.03. The molecular weight excluding hydrogens is 320 g/mol. The molecule has 0 fully saturated rings. The highest BCUT2D eigenvalue weighted by Crippen LogP contribution is 2.21. The number of nitrogens with one attached hydrogen (secondary N) is 3. The number of aryl methyl sites for hydroxylation is 2. The average Bonchev–Trinajstić information content (AvgIpc) is 2.56. The molecule has 0 bridgehead atoms. The maximum absolute atomic E-state index is 11.6. The molecule has 0 aliphatic carbocycles. The van der Waals surface area contributed by atoms with Gasteiger partial charge in [-0.2, -0.15) is 4.98 Å². The number of primary amides is 1. The normalized spacial score (nSPS) is 10.4. The maximum Gasteiger partial charge on any atom is 0.254 e. The number of methoxy groups -OCH3 is 1. The van der Waals surface area contributed by atoms with Crippen molar-refractivity contribution >= 4 is 29.1 Å². The Labute approximate surface area is 146 Å². The molecule has 1 heterocycles. The number of amides is 1. The lowest BCUT2D eigenvalue weighted by Gasteiger charge is -2.12. The van der Waals surface area contributed by atoms with Crippen LogP contribution < -0.4 is 16.4 Å². The van der Waals surface area contributed by atoms with Gasteiger partial charge < -0.3 is 26.5 Å². The van der Waals surface area contributed by atoms with E-state index in [4.69, 9.17) is 15.9 Å². The summed E-state index contributed by atoms with van der Waals surface area (Å²) in [6.07, 6.45) is 1.36. The van der Waals surface area contributed by atoms with E-state index < -0.39 is 5.91 Å². The van der Waals surface area contributed by atoms with Crippen LogP contribution in [-0.2, 0) is 4.74 Å². The van der Waals surface area contributed by atoms with Crippen molar-refractivity contribution in [3.63, 3.8) is 0 Å². The van der Waals surface area contributed by atoms with E-state index in [1.807, 2.05) is 32.0 Å². The molecular formula is C17H22N6O2. The second-order valence-corrected chi connectivity index (χ2v) is 5.63. The molecule has 1 aromatic carbocycles. The zero-order valence-electron chi connectivity index (χ0n) is 14.5. The maximum atomic E-state index is 11.6. The molecule has 2 aromatic rings. The SMILES string of the molecule is COCC(=N)CNc1ncc(C(N)=O)c(Nc2ccc(C)c(C)c2)n1. The van der Waals surface area contributed by atoms with E-state index in [0.29, 0.717) is 11.5 Å². The van der Waals surface area contributed by atoms with Crippen LogP contribution in [0.2, 0.25) is 0 Å². The standard InChI is InChI=1S/C17H22N6O2/c1-10-4-5-13(6-11(10)2)22-16-14(15(19)24)8-21-17(23-16)20-7-12(18)9-25-3/h4-6,8,18H,7,9H2,1-3H3,(H2,19,24)(H2,20,21,22,23). The Balaban J connectivity index is 2.23. The van der Waals surface area contributed by atoms with Gasteiger partial charge >= 0.3 is 0 Å². The summed E-state index contributed by atoms with van der Waals surface area (Å²) >= 11 is 0. The van der Waals surface area contributed by atoms with Crippen molar-refractivity contribution in [2.45, 2.75) is 13.8 Å². The zero-order valence-corrected chi connectivity index (χ0v) is 14.5. The third-order valence-electron chi connectivity index (χ3n) is 3.60. The molecule has 8 heteroatoms. The summed E-state index contributed by atoms with van der Waals surface area (Å²) in [7, 11) is 1.53. The van der Waals surface area contributed by atoms with Crippen molar-refractivity contribution in [1.82, 2.24) is 9.97 Å². The van der Waals surface area contributed by atoms with Crippen molar-refractivity contribution in [2.24, 2.45) is 5.73 Å². The third-order valence-corrected chi connectivity index (χ3v) is 3.60. The van der Waals surface area contributed by atoms with Gasteiger partial charge in [0, 0.05) is 19.0 Å². The Hall–Kier alpha value is -3.00. The molecule has 1 amide bonds. The summed E-state index contributed by atoms with van der Waals surface area (Å²) < 4.78 is 4.89. The van der Waals surface area contributed by atoms with Gasteiger partial charge in [-0.1, -0.05) is 6.07 Å². The number of aromatic nitrogens is 2. The van der Waals surface area contributed by atoms with Crippen LogP contribution >= 0.6 is 0 Å². The molecule has 1 aromatic heterocycles. The smallest absolute Gasteiger partial charge is 0.254 e. The molecule has 0 aliphatic heterocycles. The first-order chi connectivity index (χ1) is 11.9. The van der Waals surface area contributed by atoms with Crippen LogP contribution in [-0.4, -0.2) is 41.8 Å². The van der Waals surface area contributed by atoms with Gasteiger partial charge in [-0.3, -0.25) is 4.79 Å². The lowest BCUT2D eigenvalue weighted by atomic mass is 10.1. The molecule has 132 valence electrons. The molecule has 0 saturated heterocycles. The highest BCUT2D eigenvalue weighted by atomic mass is 16.5. The van der Waals surface area contributed by atoms with E-state index in [9.17, 15) is 4.79 Å². The summed E-state index contributed by atoms with van der Waals surface area (Å²) in [6.45, 7) is 4.49. The quantitative estimate of drug-likeness (QED) is 0.544. The van der Waals surface area contributed by atoms with Crippen LogP contribution in [0.4, 0.5) is 17.5 Å². The van der Waals surface area contributed by atoms with Crippen LogP contribution in [0.15, 0.2) is 24.4 Å². The molecule has 2 rings (SSSR count). The van der Waals surface area contributed by atoms with Gasteiger partial charge in [0.2, 0.25) is 5.95 Å². The number of benzene rings is 1. The van der Waals surface area contributed by atoms with Crippen molar-refractivity contribution in [3.8, 4) is 0 Å². The topological polar surface area (TPSA) is 126 Å². The molecule has 0 spiro atoms. The fraction of sp³-hybridized carbons (Fsp3) is 0.294. The highest BCUT2D eigenvalue weighted by Gasteiger charge is 2.13. The molecule has 25 heavy (non-hydrogen) atoms. The summed E-state index contributed by atoms with van der Waals surface area (Å²) in [5, 5.41) is 13.7. The van der Waals surface area contributed by atoms with E-state index in [1.165, 1.54) is 18.9 Å². The van der Waals surface area contributed by atoms with Gasteiger partial charge in [-0.25, -0.2) is 4.98 Å². The molecule has 0 radical (unpaired) electrons. The average molecular weight is 342 g/mol. The Morgan fingerprint density at radius 1 is 1.32 bits per heavy atom. The Morgan fingerprint density at radius 2 is 2.08 bits per heavy atom. The number of hydrogen-bond donors (Lipinski definition) is 4. The number of ether oxygens (including phenoxy) is 1. The van der Waals surface area contributed by atoms with Crippen molar-refractivity contribution in [3.05, 3.63) is 41.1 Å². The van der Waals surface area contributed by atoms with Gasteiger partial charge in [0.05, 0.1) is 18.9 Å². The van der Waals surface area contributed by atoms with Crippen LogP contribution in [0.1, 0.15) is 21.5 Å². The third kappa shape index (κ3) is 4.98. The summed E-state index contributed by atoms with van der Waals surface area (Å²) in [5.74, 6) is -0.0197. The van der Waals surface area contributed by atoms with Crippen LogP contribution in [0.3, 0.4) is 0 Å². The second kappa shape index (κ2) is 8.20. The van der Waals surface area contributed by atoms with Crippen molar-refractivity contribution in [1.29, 1.82) is 5.41 Å². The molecule has 0 unspecified atom stereocenters. The first kappa shape index (κ1) is 18.3. The van der Waals surface area contributed by atoms with E-state index in [-0.39, 0.29) is 24.7 Å². The second-order valence-electron chi connectivity index (χ2n) is 5.63. The monoisotopic (exact) mass is 342 g/mol. The molecule has 0 atom stereocenters. The Kier molecular flexibility index (Phi) is 6.02. The fourth-order valence-corrected chi connectivity index (χ4v) is 2.11. The summed E-state index contributed by atoms with van der Waals surface area (Å²) in [4.78, 5) is 20.0. The number of nitrogens with two attached hydrogens (primary N) is 1. The first-order valence-electron chi connectivity index (χ1n) is 7.71. The predicted molar refractivity (Wildman–Crippen MR) is 97.8 cm³/mol. The predicted octanol–water partition coefficient (Wildman–Crippen LogP) is 2.01. The zero-order chi connectivity index (χ0) is 18.4. The first-order valence-corrected chi connectivity index (χ1v) is 7.71. The van der Waals surface area contributed by atoms with E-state index >= 15 is 0 Å². The van der Waals surface area contributed by atoms with E-state index in [0.717, 1.165) is 11.3 Å². The van der Waals surface area contributed by atoms with Gasteiger partial charge in [0.1, 0.15) is 11.4 Å². The van der Waals surface area contributed by atoms with Crippen LogP contribution in [0, 0.1) is 19.3 Å². The Bertz CT molecular complexity index is 791. The number of anilines is 3. The fourth-order valence-electron chi connectivity index (χ4n) is 2.11. The Morgan fingerprint density at radius 3 is 2.72 bits per heavy atom. The van der Waals surface area contributed by atoms with E-state index in [2.05, 4.69) is 20.6 Å². The van der Waals surface area contributed by atoms with Gasteiger partial charge in [0.15, 0.2) is 0 Å². The molecule has 0 saturated carbocycles. The molecule has 8 nitrogen and oxygen atoms in total. The lowest BCUT2D eigenvalue weighted by Crippen LogP contribution is -2.20. The summed E-state index contributed by atoms with van der Waals surface area (Å²) in [6, 6.07) is 5.84. The number of carbonyl (C=O) groups excluding carboxylic acids is 1. The number of hydrogen-bond acceptors (Lipinski definition) is 7. The minimum atomic E-state index is -0.620. The van der Waals surface area contributed by atoms with Crippen molar-refractivity contribution < 1.29 is 9.53 Å². The number of nitrogens with zero attached hydrogens (tertiary/aromatic N) is 2. The van der Waals surface area contributed by atoms with Crippen molar-refractivity contribution in [2.75, 3.05) is 30.9 Å². The molecule has 5 N–H and O–H groups in total. The van der Waals surface area contributed by atoms with Gasteiger partial charge in [-0.15, -0.1) is 0 Å². The minimum Gasteiger partial charge on any atom is -0.379 e. The van der Waals surface area contributed by atoms with Gasteiger partial charge in [0.25, 0.3) is 5.91 Å². The minimum absolute atomic E-state index is 0.191. The number of carbonyl (C=O) groups is 1. The highest BCUT2D eigenvalue weighted by molar-refractivity contribution is 5.98. The molecule has 0 aliphatic rings. The van der Waals surface area contributed by atoms with E-state index in [1.54, 1.807) is 0 Å². The number of rotatable bonds is 8. The lowest BCUT2D eigenvalue weighted by molar-refractivity contribution is 0.100. The van der Waals surface area contributed by atoms with Crippen LogP contribution in [0.5, 0.6) is 0 Å². The van der Waals surface area contributed by atoms with Gasteiger partial charge in [-0.05, 0) is 37.1 Å². The largest absolute Gasteiger partial charge is 0.379 e.